The Morgan fingerprint density at radius 2 is 0.625 bits per heavy atom. The molecule has 4 heterocycles. The van der Waals surface area contributed by atoms with Crippen molar-refractivity contribution in [1.82, 2.24) is 49.7 Å². The van der Waals surface area contributed by atoms with Gasteiger partial charge in [0.15, 0.2) is 0 Å². The summed E-state index contributed by atoms with van der Waals surface area (Å²) in [5, 5.41) is 0. The molecule has 10 heteroatoms. The lowest BCUT2D eigenvalue weighted by Crippen LogP contribution is -2.26. The van der Waals surface area contributed by atoms with Crippen LogP contribution in [0.15, 0.2) is 97.1 Å². The second kappa shape index (κ2) is 13.8. The number of nitrogens with one attached hydrogen (secondary N) is 4. The molecule has 8 aromatic rings. The molecule has 4 aromatic carbocycles. The monoisotopic (exact) mass is 636 g/mol. The summed E-state index contributed by atoms with van der Waals surface area (Å²) >= 11 is 0. The minimum Gasteiger partial charge on any atom is -0.341 e. The van der Waals surface area contributed by atoms with E-state index in [-0.39, 0.29) is 0 Å². The Balaban J connectivity index is 0.897. The van der Waals surface area contributed by atoms with Gasteiger partial charge < -0.3 is 19.9 Å². The van der Waals surface area contributed by atoms with Crippen molar-refractivity contribution in [2.24, 2.45) is 0 Å². The predicted octanol–water partition coefficient (Wildman–Crippen LogP) is 7.46. The van der Waals surface area contributed by atoms with E-state index in [0.29, 0.717) is 0 Å². The van der Waals surface area contributed by atoms with Gasteiger partial charge >= 0.3 is 0 Å². The van der Waals surface area contributed by atoms with Gasteiger partial charge in [-0.2, -0.15) is 0 Å². The molecule has 0 atom stereocenters. The number of aromatic amines is 4. The van der Waals surface area contributed by atoms with Gasteiger partial charge in [-0.25, -0.2) is 19.9 Å². The zero-order valence-electron chi connectivity index (χ0n) is 27.0. The van der Waals surface area contributed by atoms with E-state index in [2.05, 4.69) is 78.3 Å². The van der Waals surface area contributed by atoms with E-state index in [9.17, 15) is 0 Å². The molecule has 0 saturated carbocycles. The lowest BCUT2D eigenvalue weighted by atomic mass is 10.1. The van der Waals surface area contributed by atoms with Crippen LogP contribution in [0.3, 0.4) is 0 Å². The molecule has 0 amide bonds. The fourth-order valence-corrected chi connectivity index (χ4v) is 6.62. The number of aromatic nitrogens is 8. The first-order chi connectivity index (χ1) is 23.7. The minimum atomic E-state index is 0.745. The van der Waals surface area contributed by atoms with Crippen molar-refractivity contribution >= 4 is 44.1 Å². The van der Waals surface area contributed by atoms with Gasteiger partial charge in [-0.15, -0.1) is 0 Å². The van der Waals surface area contributed by atoms with Gasteiger partial charge in [-0.05, 0) is 74.5 Å². The number of hydrogen-bond acceptors (Lipinski definition) is 6. The quantitative estimate of drug-likeness (QED) is 0.0867. The number of nitrogens with zero attached hydrogens (tertiary/aromatic N) is 6. The molecular formula is C38H40N10. The van der Waals surface area contributed by atoms with Crippen LogP contribution < -0.4 is 0 Å². The Bertz CT molecular complexity index is 1810. The molecule has 0 radical (unpaired) electrons. The van der Waals surface area contributed by atoms with Crippen molar-refractivity contribution in [3.8, 4) is 0 Å². The van der Waals surface area contributed by atoms with E-state index in [1.165, 1.54) is 0 Å². The SMILES string of the molecule is c1ccc2[nH]c(CN(CCCCCCN(Cc3nc4ccccc4[nH]3)Cc3nc4ccccc4[nH]3)Cc3nc4ccccc4[nH]3)nc2c1. The molecule has 0 spiro atoms. The van der Waals surface area contributed by atoms with E-state index in [1.54, 1.807) is 0 Å². The van der Waals surface area contributed by atoms with Crippen LogP contribution in [0.25, 0.3) is 44.1 Å². The molecule has 0 saturated heterocycles. The highest BCUT2D eigenvalue weighted by atomic mass is 15.2. The zero-order valence-corrected chi connectivity index (χ0v) is 27.0. The van der Waals surface area contributed by atoms with Crippen molar-refractivity contribution in [2.45, 2.75) is 51.9 Å². The summed E-state index contributed by atoms with van der Waals surface area (Å²) in [4.78, 5) is 38.4. The third-order valence-corrected chi connectivity index (χ3v) is 8.95. The van der Waals surface area contributed by atoms with Crippen LogP contribution in [-0.2, 0) is 26.2 Å². The van der Waals surface area contributed by atoms with Crippen molar-refractivity contribution in [1.29, 1.82) is 0 Å². The highest BCUT2D eigenvalue weighted by Crippen LogP contribution is 2.18. The Labute approximate surface area is 278 Å². The fraction of sp³-hybridized carbons (Fsp3) is 0.263. The van der Waals surface area contributed by atoms with Gasteiger partial charge in [0, 0.05) is 0 Å². The number of rotatable bonds is 15. The standard InChI is InChI=1S/C38H40N10/c1(11-21-47(23-35-39-27-13-3-4-14-28(27)40-35)24-36-41-29-15-5-6-16-30(29)42-36)2-12-22-48(25-37-43-31-17-7-8-18-32(31)44-37)26-38-45-33-19-9-10-20-34(33)46-38/h3-10,13-20H,1-2,11-12,21-26H2,(H,39,40)(H,41,42)(H,43,44)(H,45,46). The smallest absolute Gasteiger partial charge is 0.121 e. The molecule has 4 N–H and O–H groups in total. The average molecular weight is 637 g/mol. The molecule has 48 heavy (non-hydrogen) atoms. The summed E-state index contributed by atoms with van der Waals surface area (Å²) in [5.74, 6) is 3.94. The molecule has 10 nitrogen and oxygen atoms in total. The number of unbranched alkanes of at least 4 members (excludes halogenated alkanes) is 3. The third kappa shape index (κ3) is 7.00. The molecular weight excluding hydrogens is 596 g/mol. The van der Waals surface area contributed by atoms with Crippen molar-refractivity contribution in [3.63, 3.8) is 0 Å². The topological polar surface area (TPSA) is 121 Å². The van der Waals surface area contributed by atoms with Crippen LogP contribution >= 0.6 is 0 Å². The van der Waals surface area contributed by atoms with Gasteiger partial charge in [0.05, 0.1) is 70.3 Å². The van der Waals surface area contributed by atoms with E-state index in [4.69, 9.17) is 19.9 Å². The van der Waals surface area contributed by atoms with Gasteiger partial charge in [-0.3, -0.25) is 9.80 Å². The van der Waals surface area contributed by atoms with Crippen LogP contribution in [0.1, 0.15) is 49.0 Å². The molecule has 0 aliphatic carbocycles. The lowest BCUT2D eigenvalue weighted by Gasteiger charge is -2.21. The highest BCUT2D eigenvalue weighted by molar-refractivity contribution is 5.76. The van der Waals surface area contributed by atoms with Crippen LogP contribution in [0.5, 0.6) is 0 Å². The number of benzene rings is 4. The normalized spacial score (nSPS) is 12.1. The second-order valence-electron chi connectivity index (χ2n) is 12.6. The van der Waals surface area contributed by atoms with Gasteiger partial charge in [0.1, 0.15) is 23.3 Å². The average Bonchev–Trinajstić information content (AvgIpc) is 3.89. The fourth-order valence-electron chi connectivity index (χ4n) is 6.62. The summed E-state index contributed by atoms with van der Waals surface area (Å²) in [7, 11) is 0. The maximum Gasteiger partial charge on any atom is 0.121 e. The first-order valence-corrected chi connectivity index (χ1v) is 16.9. The Morgan fingerprint density at radius 3 is 0.896 bits per heavy atom. The van der Waals surface area contributed by atoms with E-state index < -0.39 is 0 Å². The van der Waals surface area contributed by atoms with Gasteiger partial charge in [0.25, 0.3) is 0 Å². The molecule has 0 aliphatic rings. The zero-order chi connectivity index (χ0) is 32.1. The van der Waals surface area contributed by atoms with Crippen LogP contribution in [0.4, 0.5) is 0 Å². The number of para-hydroxylation sites is 8. The van der Waals surface area contributed by atoms with Crippen molar-refractivity contribution in [2.75, 3.05) is 13.1 Å². The Morgan fingerprint density at radius 1 is 0.354 bits per heavy atom. The van der Waals surface area contributed by atoms with Crippen molar-refractivity contribution < 1.29 is 0 Å². The van der Waals surface area contributed by atoms with Crippen molar-refractivity contribution in [3.05, 3.63) is 120 Å². The third-order valence-electron chi connectivity index (χ3n) is 8.95. The van der Waals surface area contributed by atoms with Crippen LogP contribution in [0, 0.1) is 0 Å². The highest BCUT2D eigenvalue weighted by Gasteiger charge is 2.15. The molecule has 4 aromatic heterocycles. The molecule has 0 bridgehead atoms. The van der Waals surface area contributed by atoms with E-state index in [1.807, 2.05) is 48.5 Å². The Kier molecular flexibility index (Phi) is 8.64. The minimum absolute atomic E-state index is 0.745. The molecule has 0 aliphatic heterocycles. The maximum atomic E-state index is 4.86. The summed E-state index contributed by atoms with van der Waals surface area (Å²) in [5.41, 5.74) is 8.32. The number of hydrogen-bond donors (Lipinski definition) is 4. The summed E-state index contributed by atoms with van der Waals surface area (Å²) in [6.07, 6.45) is 4.51. The first kappa shape index (κ1) is 30.0. The Hall–Kier alpha value is -5.32. The summed E-state index contributed by atoms with van der Waals surface area (Å²) in [6, 6.07) is 32.9. The molecule has 8 rings (SSSR count). The molecule has 0 unspecified atom stereocenters. The maximum absolute atomic E-state index is 4.86. The molecule has 0 fully saturated rings. The first-order valence-electron chi connectivity index (χ1n) is 16.9. The molecule has 242 valence electrons. The van der Waals surface area contributed by atoms with Gasteiger partial charge in [-0.1, -0.05) is 61.4 Å². The number of H-pyrrole nitrogens is 4. The van der Waals surface area contributed by atoms with Crippen LogP contribution in [0.2, 0.25) is 0 Å². The van der Waals surface area contributed by atoms with E-state index >= 15 is 0 Å². The van der Waals surface area contributed by atoms with E-state index in [0.717, 1.165) is 132 Å². The lowest BCUT2D eigenvalue weighted by molar-refractivity contribution is 0.230. The van der Waals surface area contributed by atoms with Crippen LogP contribution in [-0.4, -0.2) is 62.8 Å². The predicted molar refractivity (Wildman–Crippen MR) is 191 cm³/mol. The van der Waals surface area contributed by atoms with Gasteiger partial charge in [0.2, 0.25) is 0 Å². The summed E-state index contributed by atoms with van der Waals surface area (Å²) < 4.78 is 0. The number of fused-ring (bicyclic) bond motifs is 4. The largest absolute Gasteiger partial charge is 0.341 e. The second-order valence-corrected chi connectivity index (χ2v) is 12.6. The number of imidazole rings is 4. The summed E-state index contributed by atoms with van der Waals surface area (Å²) in [6.45, 7) is 4.91.